The van der Waals surface area contributed by atoms with E-state index in [1.165, 1.54) is 4.88 Å². The molecule has 110 valence electrons. The molecule has 2 aromatic rings. The Morgan fingerprint density at radius 2 is 2.15 bits per heavy atom. The van der Waals surface area contributed by atoms with Crippen LogP contribution in [0.25, 0.3) is 10.2 Å². The summed E-state index contributed by atoms with van der Waals surface area (Å²) in [6.07, 6.45) is 0.796. The van der Waals surface area contributed by atoms with Gasteiger partial charge in [-0.05, 0) is 32.3 Å². The fourth-order valence-corrected chi connectivity index (χ4v) is 2.89. The van der Waals surface area contributed by atoms with Crippen LogP contribution in [-0.4, -0.2) is 34.8 Å². The molecular weight excluding hydrogens is 272 g/mol. The van der Waals surface area contributed by atoms with Crippen LogP contribution in [0.15, 0.2) is 6.07 Å². The van der Waals surface area contributed by atoms with E-state index < -0.39 is 0 Å². The number of aromatic nitrogens is 2. The van der Waals surface area contributed by atoms with Crippen LogP contribution in [0.2, 0.25) is 0 Å². The van der Waals surface area contributed by atoms with Crippen molar-refractivity contribution in [1.29, 1.82) is 0 Å². The molecular formula is C14H22N4OS. The maximum absolute atomic E-state index is 8.96. The summed E-state index contributed by atoms with van der Waals surface area (Å²) >= 11 is 1.68. The lowest BCUT2D eigenvalue weighted by Gasteiger charge is -2.13. The zero-order valence-electron chi connectivity index (χ0n) is 12.2. The minimum atomic E-state index is 0.224. The van der Waals surface area contributed by atoms with E-state index in [-0.39, 0.29) is 6.61 Å². The van der Waals surface area contributed by atoms with E-state index in [0.717, 1.165) is 35.5 Å². The third-order valence-corrected chi connectivity index (χ3v) is 4.04. The molecule has 0 aromatic carbocycles. The number of aliphatic hydroxyl groups is 1. The Balaban J connectivity index is 2.24. The molecule has 5 nitrogen and oxygen atoms in total. The van der Waals surface area contributed by atoms with Crippen molar-refractivity contribution < 1.29 is 5.11 Å². The number of rotatable bonds is 7. The van der Waals surface area contributed by atoms with Gasteiger partial charge in [0, 0.05) is 24.6 Å². The molecule has 0 spiro atoms. The molecule has 0 amide bonds. The summed E-state index contributed by atoms with van der Waals surface area (Å²) in [5.41, 5.74) is 0. The molecule has 0 radical (unpaired) electrons. The Kier molecular flexibility index (Phi) is 5.14. The van der Waals surface area contributed by atoms with Gasteiger partial charge >= 0.3 is 0 Å². The Morgan fingerprint density at radius 1 is 1.35 bits per heavy atom. The number of nitrogens with zero attached hydrogens (tertiary/aromatic N) is 2. The van der Waals surface area contributed by atoms with E-state index in [9.17, 15) is 0 Å². The third kappa shape index (κ3) is 3.58. The molecule has 0 saturated carbocycles. The predicted octanol–water partition coefficient (Wildman–Crippen LogP) is 2.86. The second kappa shape index (κ2) is 6.85. The molecule has 0 bridgehead atoms. The molecule has 0 aliphatic carbocycles. The normalized spacial score (nSPS) is 12.6. The van der Waals surface area contributed by atoms with Gasteiger partial charge in [-0.25, -0.2) is 4.98 Å². The summed E-state index contributed by atoms with van der Waals surface area (Å²) in [5.74, 6) is 1.95. The van der Waals surface area contributed by atoms with Crippen LogP contribution in [0.3, 0.4) is 0 Å². The van der Waals surface area contributed by atoms with Gasteiger partial charge in [-0.15, -0.1) is 11.3 Å². The van der Waals surface area contributed by atoms with Crippen molar-refractivity contribution in [1.82, 2.24) is 9.97 Å². The first-order valence-corrected chi connectivity index (χ1v) is 7.82. The molecule has 0 aliphatic heterocycles. The average molecular weight is 294 g/mol. The SMILES string of the molecule is CCNc1nc(NCC(C)CCO)c2cc(C)sc2n1. The average Bonchev–Trinajstić information content (AvgIpc) is 2.77. The molecule has 2 aromatic heterocycles. The second-order valence-corrected chi connectivity index (χ2v) is 6.24. The Hall–Kier alpha value is -1.40. The van der Waals surface area contributed by atoms with Crippen LogP contribution < -0.4 is 10.6 Å². The molecule has 1 atom stereocenters. The summed E-state index contributed by atoms with van der Waals surface area (Å²) in [6, 6.07) is 2.12. The van der Waals surface area contributed by atoms with Crippen molar-refractivity contribution in [3.63, 3.8) is 0 Å². The van der Waals surface area contributed by atoms with Crippen LogP contribution in [-0.2, 0) is 0 Å². The lowest BCUT2D eigenvalue weighted by molar-refractivity contribution is 0.266. The van der Waals surface area contributed by atoms with Crippen molar-refractivity contribution in [2.75, 3.05) is 30.3 Å². The summed E-state index contributed by atoms with van der Waals surface area (Å²) in [5, 5.41) is 16.6. The van der Waals surface area contributed by atoms with Crippen LogP contribution in [0.5, 0.6) is 0 Å². The molecule has 2 rings (SSSR count). The van der Waals surface area contributed by atoms with Crippen molar-refractivity contribution in [3.05, 3.63) is 10.9 Å². The number of fused-ring (bicyclic) bond motifs is 1. The lowest BCUT2D eigenvalue weighted by Crippen LogP contribution is -2.14. The van der Waals surface area contributed by atoms with Crippen LogP contribution in [0, 0.1) is 12.8 Å². The fraction of sp³-hybridized carbons (Fsp3) is 0.571. The summed E-state index contributed by atoms with van der Waals surface area (Å²) in [6.45, 7) is 8.05. The zero-order chi connectivity index (χ0) is 14.5. The van der Waals surface area contributed by atoms with Gasteiger partial charge in [0.1, 0.15) is 10.6 Å². The summed E-state index contributed by atoms with van der Waals surface area (Å²) < 4.78 is 0. The van der Waals surface area contributed by atoms with Crippen molar-refractivity contribution in [2.45, 2.75) is 27.2 Å². The topological polar surface area (TPSA) is 70.1 Å². The van der Waals surface area contributed by atoms with Gasteiger partial charge in [-0.2, -0.15) is 4.98 Å². The van der Waals surface area contributed by atoms with Gasteiger partial charge in [-0.3, -0.25) is 0 Å². The van der Waals surface area contributed by atoms with E-state index in [4.69, 9.17) is 5.11 Å². The molecule has 1 unspecified atom stereocenters. The minimum Gasteiger partial charge on any atom is -0.396 e. The van der Waals surface area contributed by atoms with Crippen LogP contribution in [0.4, 0.5) is 11.8 Å². The summed E-state index contributed by atoms with van der Waals surface area (Å²) in [7, 11) is 0. The molecule has 20 heavy (non-hydrogen) atoms. The maximum atomic E-state index is 8.96. The largest absolute Gasteiger partial charge is 0.396 e. The van der Waals surface area contributed by atoms with Crippen LogP contribution in [0.1, 0.15) is 25.1 Å². The number of nitrogens with one attached hydrogen (secondary N) is 2. The van der Waals surface area contributed by atoms with E-state index in [1.54, 1.807) is 11.3 Å². The van der Waals surface area contributed by atoms with Crippen molar-refractivity contribution in [2.24, 2.45) is 5.92 Å². The molecule has 3 N–H and O–H groups in total. The molecule has 0 fully saturated rings. The lowest BCUT2D eigenvalue weighted by atomic mass is 10.1. The molecule has 0 saturated heterocycles. The number of aryl methyl sites for hydroxylation is 1. The van der Waals surface area contributed by atoms with Gasteiger partial charge in [0.05, 0.1) is 5.39 Å². The highest BCUT2D eigenvalue weighted by molar-refractivity contribution is 7.18. The van der Waals surface area contributed by atoms with Crippen molar-refractivity contribution >= 4 is 33.3 Å². The van der Waals surface area contributed by atoms with Gasteiger partial charge < -0.3 is 15.7 Å². The second-order valence-electron chi connectivity index (χ2n) is 5.00. The maximum Gasteiger partial charge on any atom is 0.226 e. The zero-order valence-corrected chi connectivity index (χ0v) is 13.0. The van der Waals surface area contributed by atoms with E-state index in [0.29, 0.717) is 11.9 Å². The van der Waals surface area contributed by atoms with Gasteiger partial charge in [0.25, 0.3) is 0 Å². The fourth-order valence-electron chi connectivity index (χ4n) is 2.01. The number of aliphatic hydroxyl groups excluding tert-OH is 1. The monoisotopic (exact) mass is 294 g/mol. The van der Waals surface area contributed by atoms with E-state index >= 15 is 0 Å². The Labute approximate surface area is 123 Å². The van der Waals surface area contributed by atoms with Gasteiger partial charge in [0.2, 0.25) is 5.95 Å². The standard InChI is InChI=1S/C14H22N4OS/c1-4-15-14-17-12(16-8-9(2)5-6-19)11-7-10(3)20-13(11)18-14/h7,9,19H,4-6,8H2,1-3H3,(H2,15,16,17,18). The van der Waals surface area contributed by atoms with Gasteiger partial charge in [0.15, 0.2) is 0 Å². The molecule has 2 heterocycles. The number of anilines is 2. The van der Waals surface area contributed by atoms with E-state index in [1.807, 2.05) is 6.92 Å². The molecule has 6 heteroatoms. The Bertz CT molecular complexity index is 570. The number of hydrogen-bond acceptors (Lipinski definition) is 6. The first-order chi connectivity index (χ1) is 9.63. The highest BCUT2D eigenvalue weighted by atomic mass is 32.1. The Morgan fingerprint density at radius 3 is 2.85 bits per heavy atom. The first kappa shape index (κ1) is 15.0. The molecule has 0 aliphatic rings. The van der Waals surface area contributed by atoms with Crippen molar-refractivity contribution in [3.8, 4) is 0 Å². The van der Waals surface area contributed by atoms with E-state index in [2.05, 4.69) is 40.5 Å². The smallest absolute Gasteiger partial charge is 0.226 e. The number of thiophene rings is 1. The minimum absolute atomic E-state index is 0.224. The summed E-state index contributed by atoms with van der Waals surface area (Å²) in [4.78, 5) is 11.3. The highest BCUT2D eigenvalue weighted by Crippen LogP contribution is 2.29. The quantitative estimate of drug-likeness (QED) is 0.732. The van der Waals surface area contributed by atoms with Crippen LogP contribution >= 0.6 is 11.3 Å². The highest BCUT2D eigenvalue weighted by Gasteiger charge is 2.11. The predicted molar refractivity (Wildman–Crippen MR) is 85.7 cm³/mol. The first-order valence-electron chi connectivity index (χ1n) is 7.00. The van der Waals surface area contributed by atoms with Gasteiger partial charge in [-0.1, -0.05) is 6.92 Å². The third-order valence-electron chi connectivity index (χ3n) is 3.09. The number of hydrogen-bond donors (Lipinski definition) is 3.